The Balaban J connectivity index is 2.63. The predicted molar refractivity (Wildman–Crippen MR) is 65.1 cm³/mol. The summed E-state index contributed by atoms with van der Waals surface area (Å²) >= 11 is 3.54. The summed E-state index contributed by atoms with van der Waals surface area (Å²) in [5, 5.41) is 9.45. The largest absolute Gasteiger partial charge is 0.454 e. The Morgan fingerprint density at radius 1 is 1.44 bits per heavy atom. The fraction of sp³-hybridized carbons (Fsp3) is 0.500. The summed E-state index contributed by atoms with van der Waals surface area (Å²) < 4.78 is 11.6. The first-order chi connectivity index (χ1) is 7.47. The van der Waals surface area contributed by atoms with E-state index >= 15 is 0 Å². The third-order valence-electron chi connectivity index (χ3n) is 2.87. The van der Waals surface area contributed by atoms with Crippen LogP contribution in [0, 0.1) is 6.92 Å². The lowest BCUT2D eigenvalue weighted by Crippen LogP contribution is -2.24. The topological polar surface area (TPSA) is 38.7 Å². The normalized spacial score (nSPS) is 14.3. The van der Waals surface area contributed by atoms with E-state index in [1.807, 2.05) is 26.8 Å². The fourth-order valence-corrected chi connectivity index (χ4v) is 3.19. The quantitative estimate of drug-likeness (QED) is 0.909. The van der Waals surface area contributed by atoms with Gasteiger partial charge in [-0.1, -0.05) is 13.8 Å². The van der Waals surface area contributed by atoms with Gasteiger partial charge in [-0.05, 0) is 40.0 Å². The molecule has 16 heavy (non-hydrogen) atoms. The molecular weight excluding hydrogens is 272 g/mol. The van der Waals surface area contributed by atoms with Crippen LogP contribution in [0.25, 0.3) is 0 Å². The van der Waals surface area contributed by atoms with Crippen molar-refractivity contribution in [3.05, 3.63) is 21.7 Å². The molecule has 1 aromatic carbocycles. The number of fused-ring (bicyclic) bond motifs is 1. The highest BCUT2D eigenvalue weighted by atomic mass is 79.9. The number of aryl methyl sites for hydroxylation is 1. The third-order valence-corrected chi connectivity index (χ3v) is 3.63. The van der Waals surface area contributed by atoms with Gasteiger partial charge in [0.2, 0.25) is 6.79 Å². The molecule has 3 nitrogen and oxygen atoms in total. The second-order valence-corrected chi connectivity index (χ2v) is 5.45. The molecule has 0 radical (unpaired) electrons. The number of aliphatic hydroxyl groups is 1. The number of hydrogen-bond acceptors (Lipinski definition) is 3. The van der Waals surface area contributed by atoms with Crippen molar-refractivity contribution in [2.24, 2.45) is 0 Å². The first-order valence-corrected chi connectivity index (χ1v) is 5.96. The number of halogens is 1. The van der Waals surface area contributed by atoms with E-state index in [9.17, 15) is 5.11 Å². The Morgan fingerprint density at radius 3 is 2.75 bits per heavy atom. The van der Waals surface area contributed by atoms with Crippen LogP contribution in [0.15, 0.2) is 10.5 Å². The van der Waals surface area contributed by atoms with E-state index in [1.54, 1.807) is 0 Å². The van der Waals surface area contributed by atoms with Crippen LogP contribution in [-0.4, -0.2) is 18.5 Å². The van der Waals surface area contributed by atoms with Gasteiger partial charge in [0, 0.05) is 5.41 Å². The lowest BCUT2D eigenvalue weighted by atomic mass is 9.82. The number of ether oxygens (including phenoxy) is 2. The molecule has 1 aliphatic rings. The molecule has 1 aromatic rings. The van der Waals surface area contributed by atoms with Crippen LogP contribution < -0.4 is 9.47 Å². The molecule has 0 saturated heterocycles. The van der Waals surface area contributed by atoms with Gasteiger partial charge in [-0.2, -0.15) is 0 Å². The van der Waals surface area contributed by atoms with Gasteiger partial charge in [-0.25, -0.2) is 0 Å². The second-order valence-electron chi connectivity index (χ2n) is 4.66. The molecule has 0 aliphatic carbocycles. The van der Waals surface area contributed by atoms with Crippen molar-refractivity contribution in [1.82, 2.24) is 0 Å². The van der Waals surface area contributed by atoms with Crippen LogP contribution in [-0.2, 0) is 5.41 Å². The maximum atomic E-state index is 9.45. The monoisotopic (exact) mass is 286 g/mol. The molecule has 88 valence electrons. The summed E-state index contributed by atoms with van der Waals surface area (Å²) in [6.07, 6.45) is 0. The van der Waals surface area contributed by atoms with Gasteiger partial charge in [-0.3, -0.25) is 0 Å². The van der Waals surface area contributed by atoms with Crippen LogP contribution in [0.5, 0.6) is 11.5 Å². The fourth-order valence-electron chi connectivity index (χ4n) is 2.03. The van der Waals surface area contributed by atoms with E-state index in [0.717, 1.165) is 27.1 Å². The molecule has 2 rings (SSSR count). The number of benzene rings is 1. The summed E-state index contributed by atoms with van der Waals surface area (Å²) in [4.78, 5) is 0. The van der Waals surface area contributed by atoms with Crippen LogP contribution in [0.1, 0.15) is 25.0 Å². The molecule has 0 amide bonds. The van der Waals surface area contributed by atoms with E-state index in [0.29, 0.717) is 0 Å². The molecule has 0 atom stereocenters. The smallest absolute Gasteiger partial charge is 0.231 e. The van der Waals surface area contributed by atoms with Gasteiger partial charge in [-0.15, -0.1) is 0 Å². The van der Waals surface area contributed by atoms with Crippen molar-refractivity contribution in [1.29, 1.82) is 0 Å². The van der Waals surface area contributed by atoms with Crippen LogP contribution in [0.2, 0.25) is 0 Å². The maximum Gasteiger partial charge on any atom is 0.231 e. The zero-order valence-corrected chi connectivity index (χ0v) is 11.2. The van der Waals surface area contributed by atoms with Gasteiger partial charge in [0.15, 0.2) is 11.5 Å². The minimum absolute atomic E-state index is 0.0894. The Bertz CT molecular complexity index is 427. The van der Waals surface area contributed by atoms with Crippen molar-refractivity contribution < 1.29 is 14.6 Å². The molecule has 1 aliphatic heterocycles. The summed E-state index contributed by atoms with van der Waals surface area (Å²) in [5.74, 6) is 1.50. The summed E-state index contributed by atoms with van der Waals surface area (Å²) in [5.41, 5.74) is 1.86. The zero-order chi connectivity index (χ0) is 11.9. The highest BCUT2D eigenvalue weighted by Crippen LogP contribution is 2.46. The summed E-state index contributed by atoms with van der Waals surface area (Å²) in [7, 11) is 0. The average molecular weight is 287 g/mol. The average Bonchev–Trinajstić information content (AvgIpc) is 2.65. The van der Waals surface area contributed by atoms with Crippen molar-refractivity contribution >= 4 is 15.9 Å². The maximum absolute atomic E-state index is 9.45. The Kier molecular flexibility index (Phi) is 2.88. The first-order valence-electron chi connectivity index (χ1n) is 5.17. The van der Waals surface area contributed by atoms with Gasteiger partial charge in [0.25, 0.3) is 0 Å². The van der Waals surface area contributed by atoms with Crippen molar-refractivity contribution in [2.75, 3.05) is 13.4 Å². The van der Waals surface area contributed by atoms with Gasteiger partial charge < -0.3 is 14.6 Å². The van der Waals surface area contributed by atoms with E-state index in [4.69, 9.17) is 9.47 Å². The van der Waals surface area contributed by atoms with E-state index in [-0.39, 0.29) is 18.8 Å². The molecule has 0 fully saturated rings. The summed E-state index contributed by atoms with van der Waals surface area (Å²) in [6.45, 7) is 6.37. The molecule has 0 aromatic heterocycles. The minimum atomic E-state index is -0.302. The minimum Gasteiger partial charge on any atom is -0.454 e. The molecule has 0 saturated carbocycles. The van der Waals surface area contributed by atoms with E-state index in [1.165, 1.54) is 0 Å². The lowest BCUT2D eigenvalue weighted by molar-refractivity contribution is 0.173. The molecule has 1 heterocycles. The highest BCUT2D eigenvalue weighted by Gasteiger charge is 2.30. The second kappa shape index (κ2) is 3.93. The lowest BCUT2D eigenvalue weighted by Gasteiger charge is -2.26. The van der Waals surface area contributed by atoms with Crippen molar-refractivity contribution in [2.45, 2.75) is 26.2 Å². The SMILES string of the molecule is Cc1cc2c(c(Br)c1C(C)(C)CO)OCO2. The molecule has 1 N–H and O–H groups in total. The Labute approximate surface area is 104 Å². The van der Waals surface area contributed by atoms with Gasteiger partial charge >= 0.3 is 0 Å². The van der Waals surface area contributed by atoms with Crippen molar-refractivity contribution in [3.8, 4) is 11.5 Å². The number of hydrogen-bond donors (Lipinski definition) is 1. The summed E-state index contributed by atoms with van der Waals surface area (Å²) in [6, 6.07) is 1.96. The van der Waals surface area contributed by atoms with Crippen LogP contribution in [0.3, 0.4) is 0 Å². The Hall–Kier alpha value is -0.740. The molecular formula is C12H15BrO3. The molecule has 0 unspecified atom stereocenters. The predicted octanol–water partition coefficient (Wildman–Crippen LogP) is 2.76. The van der Waals surface area contributed by atoms with Crippen LogP contribution >= 0.6 is 15.9 Å². The highest BCUT2D eigenvalue weighted by molar-refractivity contribution is 9.10. The first kappa shape index (κ1) is 11.7. The van der Waals surface area contributed by atoms with Gasteiger partial charge in [0.05, 0.1) is 11.1 Å². The third kappa shape index (κ3) is 1.70. The standard InChI is InChI=1S/C12H15BrO3/c1-7-4-8-11(16-6-15-8)10(13)9(7)12(2,3)5-14/h4,14H,5-6H2,1-3H3. The van der Waals surface area contributed by atoms with E-state index in [2.05, 4.69) is 15.9 Å². The zero-order valence-electron chi connectivity index (χ0n) is 9.63. The molecule has 0 spiro atoms. The van der Waals surface area contributed by atoms with Crippen LogP contribution in [0.4, 0.5) is 0 Å². The number of aliphatic hydroxyl groups excluding tert-OH is 1. The van der Waals surface area contributed by atoms with Crippen molar-refractivity contribution in [3.63, 3.8) is 0 Å². The molecule has 4 heteroatoms. The Morgan fingerprint density at radius 2 is 2.12 bits per heavy atom. The van der Waals surface area contributed by atoms with E-state index < -0.39 is 0 Å². The molecule has 0 bridgehead atoms. The van der Waals surface area contributed by atoms with Gasteiger partial charge in [0.1, 0.15) is 0 Å². The number of rotatable bonds is 2.